The van der Waals surface area contributed by atoms with Gasteiger partial charge in [0.15, 0.2) is 0 Å². The van der Waals surface area contributed by atoms with Crippen molar-refractivity contribution in [3.8, 4) is 5.95 Å². The summed E-state index contributed by atoms with van der Waals surface area (Å²) >= 11 is 0. The van der Waals surface area contributed by atoms with Gasteiger partial charge in [-0.3, -0.25) is 14.3 Å². The van der Waals surface area contributed by atoms with E-state index in [-0.39, 0.29) is 5.91 Å². The number of amides is 1. The summed E-state index contributed by atoms with van der Waals surface area (Å²) in [6.07, 6.45) is 2.49. The maximum Gasteiger partial charge on any atom is 0.490 e. The van der Waals surface area contributed by atoms with E-state index in [4.69, 9.17) is 9.90 Å². The summed E-state index contributed by atoms with van der Waals surface area (Å²) in [4.78, 5) is 35.5. The molecule has 12 heteroatoms. The smallest absolute Gasteiger partial charge is 0.475 e. The largest absolute Gasteiger partial charge is 0.490 e. The van der Waals surface area contributed by atoms with Crippen molar-refractivity contribution in [1.82, 2.24) is 24.1 Å². The molecule has 9 nitrogen and oxygen atoms in total. The molecule has 1 aliphatic rings. The fraction of sp³-hybridized carbons (Fsp3) is 0.222. The highest BCUT2D eigenvalue weighted by atomic mass is 19.4. The van der Waals surface area contributed by atoms with Crippen molar-refractivity contribution in [3.05, 3.63) is 78.5 Å². The number of nitrogens with one attached hydrogen (secondary N) is 1. The first kappa shape index (κ1) is 25.9. The van der Waals surface area contributed by atoms with Gasteiger partial charge in [-0.1, -0.05) is 18.2 Å². The summed E-state index contributed by atoms with van der Waals surface area (Å²) in [6.45, 7) is 2.87. The van der Waals surface area contributed by atoms with Crippen LogP contribution in [0.15, 0.2) is 67.1 Å². The molecule has 0 aliphatic heterocycles. The molecule has 2 N–H and O–H groups in total. The van der Waals surface area contributed by atoms with Crippen molar-refractivity contribution < 1.29 is 27.9 Å². The minimum absolute atomic E-state index is 0.221. The summed E-state index contributed by atoms with van der Waals surface area (Å²) < 4.78 is 35.9. The topological polar surface area (TPSA) is 115 Å². The van der Waals surface area contributed by atoms with Crippen molar-refractivity contribution in [2.24, 2.45) is 5.92 Å². The van der Waals surface area contributed by atoms with Gasteiger partial charge in [0.1, 0.15) is 5.69 Å². The first-order valence-electron chi connectivity index (χ1n) is 12.1. The fourth-order valence-corrected chi connectivity index (χ4v) is 4.27. The van der Waals surface area contributed by atoms with Crippen LogP contribution in [0.3, 0.4) is 0 Å². The predicted molar refractivity (Wildman–Crippen MR) is 138 cm³/mol. The van der Waals surface area contributed by atoms with Gasteiger partial charge in [0, 0.05) is 30.0 Å². The van der Waals surface area contributed by atoms with Gasteiger partial charge >= 0.3 is 12.1 Å². The number of hydrogen-bond donors (Lipinski definition) is 2. The molecule has 0 atom stereocenters. The van der Waals surface area contributed by atoms with Crippen LogP contribution >= 0.6 is 0 Å². The molecule has 0 radical (unpaired) electrons. The SMILES string of the molecule is Cc1ccc(NC(=O)c2cc3c(c4ccccc4n3CC3CC3)n2-c2ncccn2)cn1.O=C(O)C(F)(F)F. The molecule has 0 bridgehead atoms. The predicted octanol–water partition coefficient (Wildman–Crippen LogP) is 5.37. The van der Waals surface area contributed by atoms with E-state index in [9.17, 15) is 18.0 Å². The van der Waals surface area contributed by atoms with E-state index in [1.807, 2.05) is 35.8 Å². The Balaban J connectivity index is 0.000000392. The number of fused-ring (bicyclic) bond motifs is 3. The third-order valence-corrected chi connectivity index (χ3v) is 6.26. The van der Waals surface area contributed by atoms with E-state index in [0.717, 1.165) is 28.7 Å². The molecule has 0 unspecified atom stereocenters. The van der Waals surface area contributed by atoms with Gasteiger partial charge in [0.05, 0.1) is 28.4 Å². The lowest BCUT2D eigenvalue weighted by molar-refractivity contribution is -0.192. The molecular weight excluding hydrogens is 513 g/mol. The highest BCUT2D eigenvalue weighted by molar-refractivity contribution is 6.13. The number of alkyl halides is 3. The van der Waals surface area contributed by atoms with Crippen molar-refractivity contribution in [1.29, 1.82) is 0 Å². The van der Waals surface area contributed by atoms with Crippen LogP contribution in [0, 0.1) is 12.8 Å². The van der Waals surface area contributed by atoms with Crippen molar-refractivity contribution >= 4 is 39.5 Å². The summed E-state index contributed by atoms with van der Waals surface area (Å²) in [6, 6.07) is 15.8. The molecule has 1 aromatic carbocycles. The van der Waals surface area contributed by atoms with Crippen LogP contribution in [0.5, 0.6) is 0 Å². The average Bonchev–Trinajstić information content (AvgIpc) is 3.58. The Morgan fingerprint density at radius 3 is 2.33 bits per heavy atom. The van der Waals surface area contributed by atoms with Gasteiger partial charge in [-0.05, 0) is 56.0 Å². The highest BCUT2D eigenvalue weighted by Gasteiger charge is 2.38. The Bertz CT molecular complexity index is 1660. The van der Waals surface area contributed by atoms with E-state index in [0.29, 0.717) is 23.2 Å². The molecule has 6 rings (SSSR count). The van der Waals surface area contributed by atoms with Crippen LogP contribution in [0.4, 0.5) is 18.9 Å². The summed E-state index contributed by atoms with van der Waals surface area (Å²) in [5.41, 5.74) is 5.20. The molecule has 5 aromatic rings. The molecule has 4 heterocycles. The number of carbonyl (C=O) groups excluding carboxylic acids is 1. The number of halogens is 3. The molecule has 39 heavy (non-hydrogen) atoms. The third-order valence-electron chi connectivity index (χ3n) is 6.26. The third kappa shape index (κ3) is 5.44. The zero-order valence-corrected chi connectivity index (χ0v) is 20.7. The van der Waals surface area contributed by atoms with Crippen LogP contribution < -0.4 is 5.32 Å². The second kappa shape index (κ2) is 10.2. The Kier molecular flexibility index (Phi) is 6.77. The Labute approximate surface area is 219 Å². The second-order valence-electron chi connectivity index (χ2n) is 9.16. The zero-order valence-electron chi connectivity index (χ0n) is 20.7. The van der Waals surface area contributed by atoms with Crippen LogP contribution in [-0.2, 0) is 11.3 Å². The van der Waals surface area contributed by atoms with E-state index >= 15 is 0 Å². The van der Waals surface area contributed by atoms with Crippen LogP contribution in [-0.4, -0.2) is 47.2 Å². The standard InChI is InChI=1S/C25H22N6O.C2HF3O2/c1-16-7-10-18(14-28-16)29-24(32)22-13-21-23(31(22)25-26-11-4-12-27-25)19-5-2-3-6-20(19)30(21)15-17-8-9-17;3-2(4,5)1(6)7/h2-7,10-14,17H,8-9,15H2,1H3,(H,29,32);(H,6,7). The second-order valence-corrected chi connectivity index (χ2v) is 9.16. The number of benzene rings is 1. The Morgan fingerprint density at radius 1 is 1.03 bits per heavy atom. The number of carboxylic acid groups (broad SMARTS) is 1. The molecule has 1 fully saturated rings. The highest BCUT2D eigenvalue weighted by Crippen LogP contribution is 2.38. The maximum absolute atomic E-state index is 13.4. The molecule has 4 aromatic heterocycles. The lowest BCUT2D eigenvalue weighted by Gasteiger charge is -2.10. The summed E-state index contributed by atoms with van der Waals surface area (Å²) in [5, 5.41) is 11.2. The van der Waals surface area contributed by atoms with E-state index in [1.165, 1.54) is 18.4 Å². The number of para-hydroxylation sites is 1. The van der Waals surface area contributed by atoms with E-state index < -0.39 is 12.1 Å². The number of nitrogens with zero attached hydrogens (tertiary/aromatic N) is 5. The minimum Gasteiger partial charge on any atom is -0.475 e. The molecular formula is C27H23F3N6O3. The lowest BCUT2D eigenvalue weighted by atomic mass is 10.2. The molecule has 200 valence electrons. The van der Waals surface area contributed by atoms with E-state index in [1.54, 1.807) is 24.7 Å². The number of carboxylic acids is 1. The molecule has 0 spiro atoms. The summed E-state index contributed by atoms with van der Waals surface area (Å²) in [5.74, 6) is -1.81. The number of anilines is 1. The Morgan fingerprint density at radius 2 is 1.72 bits per heavy atom. The quantitative estimate of drug-likeness (QED) is 0.312. The molecule has 1 aliphatic carbocycles. The van der Waals surface area contributed by atoms with Crippen LogP contribution in [0.1, 0.15) is 29.0 Å². The van der Waals surface area contributed by atoms with Gasteiger partial charge in [-0.15, -0.1) is 0 Å². The first-order valence-corrected chi connectivity index (χ1v) is 12.1. The van der Waals surface area contributed by atoms with E-state index in [2.05, 4.69) is 43.0 Å². The average molecular weight is 537 g/mol. The number of aliphatic carboxylic acids is 1. The number of hydrogen-bond acceptors (Lipinski definition) is 5. The number of rotatable bonds is 5. The normalized spacial score (nSPS) is 13.2. The van der Waals surface area contributed by atoms with Gasteiger partial charge in [-0.25, -0.2) is 14.8 Å². The number of carbonyl (C=O) groups is 2. The number of aryl methyl sites for hydroxylation is 1. The first-order chi connectivity index (χ1) is 18.6. The minimum atomic E-state index is -5.08. The van der Waals surface area contributed by atoms with Gasteiger partial charge < -0.3 is 15.0 Å². The number of aromatic nitrogens is 5. The van der Waals surface area contributed by atoms with Crippen LogP contribution in [0.25, 0.3) is 27.9 Å². The zero-order chi connectivity index (χ0) is 27.7. The molecule has 0 saturated heterocycles. The molecule has 1 saturated carbocycles. The number of pyridine rings is 1. The monoisotopic (exact) mass is 536 g/mol. The van der Waals surface area contributed by atoms with Gasteiger partial charge in [-0.2, -0.15) is 13.2 Å². The van der Waals surface area contributed by atoms with Crippen molar-refractivity contribution in [3.63, 3.8) is 0 Å². The summed E-state index contributed by atoms with van der Waals surface area (Å²) in [7, 11) is 0. The van der Waals surface area contributed by atoms with Gasteiger partial charge in [0.2, 0.25) is 5.95 Å². The fourth-order valence-electron chi connectivity index (χ4n) is 4.27. The molecule has 1 amide bonds. The lowest BCUT2D eigenvalue weighted by Crippen LogP contribution is -2.21. The maximum atomic E-state index is 13.4. The van der Waals surface area contributed by atoms with Gasteiger partial charge in [0.25, 0.3) is 5.91 Å². The van der Waals surface area contributed by atoms with Crippen molar-refractivity contribution in [2.45, 2.75) is 32.5 Å². The van der Waals surface area contributed by atoms with Crippen LogP contribution in [0.2, 0.25) is 0 Å². The van der Waals surface area contributed by atoms with Crippen molar-refractivity contribution in [2.75, 3.05) is 5.32 Å². The Hall–Kier alpha value is -4.74.